The predicted molar refractivity (Wildman–Crippen MR) is 90.9 cm³/mol. The van der Waals surface area contributed by atoms with Gasteiger partial charge in [0.05, 0.1) is 17.7 Å². The Morgan fingerprint density at radius 2 is 1.95 bits per heavy atom. The molecule has 2 N–H and O–H groups in total. The number of rotatable bonds is 4. The SMILES string of the molecule is CNC(=S)Nc1ccc(S(=O)(=O)N2CCCCC2)cc1OC. The number of ether oxygens (including phenoxy) is 1. The van der Waals surface area contributed by atoms with Gasteiger partial charge in [-0.05, 0) is 37.2 Å². The van der Waals surface area contributed by atoms with Crippen LogP contribution in [0.3, 0.4) is 0 Å². The van der Waals surface area contributed by atoms with Crippen molar-refractivity contribution in [3.8, 4) is 5.75 Å². The normalized spacial score (nSPS) is 16.1. The maximum atomic E-state index is 12.7. The van der Waals surface area contributed by atoms with Crippen molar-refractivity contribution in [3.05, 3.63) is 18.2 Å². The van der Waals surface area contributed by atoms with Crippen LogP contribution in [0.5, 0.6) is 5.75 Å². The third-order valence-corrected chi connectivity index (χ3v) is 5.80. The van der Waals surface area contributed by atoms with Crippen LogP contribution in [0.25, 0.3) is 0 Å². The second kappa shape index (κ2) is 7.26. The van der Waals surface area contributed by atoms with Gasteiger partial charge in [0, 0.05) is 26.2 Å². The van der Waals surface area contributed by atoms with Gasteiger partial charge in [-0.1, -0.05) is 6.42 Å². The standard InChI is InChI=1S/C14H21N3O3S2/c1-15-14(21)16-12-7-6-11(10-13(12)20-2)22(18,19)17-8-4-3-5-9-17/h6-7,10H,3-5,8-9H2,1-2H3,(H2,15,16,21). The maximum absolute atomic E-state index is 12.7. The quantitative estimate of drug-likeness (QED) is 0.812. The first-order chi connectivity index (χ1) is 10.5. The zero-order valence-corrected chi connectivity index (χ0v) is 14.4. The highest BCUT2D eigenvalue weighted by atomic mass is 32.2. The smallest absolute Gasteiger partial charge is 0.243 e. The fraction of sp³-hybridized carbons (Fsp3) is 0.500. The summed E-state index contributed by atoms with van der Waals surface area (Å²) in [6.45, 7) is 1.16. The lowest BCUT2D eigenvalue weighted by Crippen LogP contribution is -2.35. The second-order valence-corrected chi connectivity index (χ2v) is 7.38. The van der Waals surface area contributed by atoms with Crippen molar-refractivity contribution < 1.29 is 13.2 Å². The molecule has 1 fully saturated rings. The molecule has 22 heavy (non-hydrogen) atoms. The number of benzene rings is 1. The Morgan fingerprint density at radius 3 is 2.55 bits per heavy atom. The van der Waals surface area contributed by atoms with Crippen LogP contribution >= 0.6 is 12.2 Å². The first kappa shape index (κ1) is 17.0. The summed E-state index contributed by atoms with van der Waals surface area (Å²) in [5, 5.41) is 6.19. The van der Waals surface area contributed by atoms with E-state index in [1.54, 1.807) is 19.2 Å². The highest BCUT2D eigenvalue weighted by molar-refractivity contribution is 7.89. The second-order valence-electron chi connectivity index (χ2n) is 5.03. The maximum Gasteiger partial charge on any atom is 0.243 e. The molecule has 122 valence electrons. The van der Waals surface area contributed by atoms with Crippen LogP contribution in [0.1, 0.15) is 19.3 Å². The summed E-state index contributed by atoms with van der Waals surface area (Å²) < 4.78 is 32.1. The van der Waals surface area contributed by atoms with Gasteiger partial charge < -0.3 is 15.4 Å². The van der Waals surface area contributed by atoms with Crippen molar-refractivity contribution in [2.45, 2.75) is 24.2 Å². The van der Waals surface area contributed by atoms with Gasteiger partial charge in [-0.3, -0.25) is 0 Å². The fourth-order valence-electron chi connectivity index (χ4n) is 2.37. The van der Waals surface area contributed by atoms with Crippen LogP contribution in [-0.4, -0.2) is 45.1 Å². The van der Waals surface area contributed by atoms with E-state index in [2.05, 4.69) is 10.6 Å². The molecule has 1 aromatic rings. The molecule has 2 rings (SSSR count). The predicted octanol–water partition coefficient (Wildman–Crippen LogP) is 1.79. The molecule has 1 aromatic carbocycles. The van der Waals surface area contributed by atoms with E-state index in [1.165, 1.54) is 17.5 Å². The van der Waals surface area contributed by atoms with Gasteiger partial charge >= 0.3 is 0 Å². The third-order valence-electron chi connectivity index (χ3n) is 3.60. The molecule has 0 unspecified atom stereocenters. The van der Waals surface area contributed by atoms with E-state index in [0.29, 0.717) is 29.6 Å². The number of hydrogen-bond acceptors (Lipinski definition) is 4. The summed E-state index contributed by atoms with van der Waals surface area (Å²) >= 11 is 5.05. The number of methoxy groups -OCH3 is 1. The van der Waals surface area contributed by atoms with Gasteiger partial charge in [-0.15, -0.1) is 0 Å². The minimum atomic E-state index is -3.47. The average Bonchev–Trinajstić information content (AvgIpc) is 2.55. The van der Waals surface area contributed by atoms with Crippen LogP contribution in [0.2, 0.25) is 0 Å². The molecule has 0 spiro atoms. The Hall–Kier alpha value is -1.38. The van der Waals surface area contributed by atoms with Crippen LogP contribution in [0, 0.1) is 0 Å². The molecular weight excluding hydrogens is 322 g/mol. The van der Waals surface area contributed by atoms with E-state index in [4.69, 9.17) is 17.0 Å². The van der Waals surface area contributed by atoms with Crippen molar-refractivity contribution in [3.63, 3.8) is 0 Å². The molecule has 8 heteroatoms. The molecule has 0 saturated carbocycles. The first-order valence-corrected chi connectivity index (χ1v) is 9.01. The van der Waals surface area contributed by atoms with E-state index in [9.17, 15) is 8.42 Å². The monoisotopic (exact) mass is 343 g/mol. The number of nitrogens with zero attached hydrogens (tertiary/aromatic N) is 1. The van der Waals surface area contributed by atoms with E-state index in [0.717, 1.165) is 19.3 Å². The minimum Gasteiger partial charge on any atom is -0.495 e. The Morgan fingerprint density at radius 1 is 1.27 bits per heavy atom. The largest absolute Gasteiger partial charge is 0.495 e. The number of sulfonamides is 1. The molecule has 0 bridgehead atoms. The number of thiocarbonyl (C=S) groups is 1. The molecule has 0 amide bonds. The molecule has 6 nitrogen and oxygen atoms in total. The lowest BCUT2D eigenvalue weighted by Gasteiger charge is -2.26. The van der Waals surface area contributed by atoms with Gasteiger partial charge in [-0.25, -0.2) is 8.42 Å². The number of nitrogens with one attached hydrogen (secondary N) is 2. The summed E-state index contributed by atoms with van der Waals surface area (Å²) in [6, 6.07) is 4.77. The molecule has 0 radical (unpaired) electrons. The number of hydrogen-bond donors (Lipinski definition) is 2. The average molecular weight is 343 g/mol. The van der Waals surface area contributed by atoms with Gasteiger partial charge in [0.2, 0.25) is 10.0 Å². The Labute approximate surface area is 136 Å². The summed E-state index contributed by atoms with van der Waals surface area (Å²) in [6.07, 6.45) is 2.90. The fourth-order valence-corrected chi connectivity index (χ4v) is 4.02. The first-order valence-electron chi connectivity index (χ1n) is 7.16. The molecule has 1 heterocycles. The summed E-state index contributed by atoms with van der Waals surface area (Å²) in [5.74, 6) is 0.440. The summed E-state index contributed by atoms with van der Waals surface area (Å²) in [5.41, 5.74) is 0.624. The van der Waals surface area contributed by atoms with Crippen molar-refractivity contribution in [2.24, 2.45) is 0 Å². The molecule has 1 aliphatic rings. The molecule has 1 aliphatic heterocycles. The zero-order valence-electron chi connectivity index (χ0n) is 12.8. The van der Waals surface area contributed by atoms with Crippen molar-refractivity contribution >= 4 is 33.0 Å². The van der Waals surface area contributed by atoms with Gasteiger partial charge in [0.1, 0.15) is 5.75 Å². The lowest BCUT2D eigenvalue weighted by atomic mass is 10.2. The highest BCUT2D eigenvalue weighted by Gasteiger charge is 2.26. The summed E-state index contributed by atoms with van der Waals surface area (Å²) in [4.78, 5) is 0.243. The lowest BCUT2D eigenvalue weighted by molar-refractivity contribution is 0.346. The molecular formula is C14H21N3O3S2. The molecule has 0 atom stereocenters. The van der Waals surface area contributed by atoms with Crippen molar-refractivity contribution in [2.75, 3.05) is 32.6 Å². The van der Waals surface area contributed by atoms with Crippen LogP contribution in [-0.2, 0) is 10.0 Å². The highest BCUT2D eigenvalue weighted by Crippen LogP contribution is 2.30. The van der Waals surface area contributed by atoms with Crippen LogP contribution < -0.4 is 15.4 Å². The van der Waals surface area contributed by atoms with Crippen molar-refractivity contribution in [1.82, 2.24) is 9.62 Å². The van der Waals surface area contributed by atoms with Gasteiger partial charge in [0.25, 0.3) is 0 Å². The Bertz CT molecular complexity index is 641. The van der Waals surface area contributed by atoms with E-state index in [1.807, 2.05) is 0 Å². The Balaban J connectivity index is 2.30. The summed E-state index contributed by atoms with van der Waals surface area (Å²) in [7, 11) is -0.263. The molecule has 0 aromatic heterocycles. The van der Waals surface area contributed by atoms with Crippen LogP contribution in [0.15, 0.2) is 23.1 Å². The van der Waals surface area contributed by atoms with E-state index in [-0.39, 0.29) is 4.90 Å². The third kappa shape index (κ3) is 3.68. The zero-order chi connectivity index (χ0) is 16.2. The number of anilines is 1. The molecule has 0 aliphatic carbocycles. The van der Waals surface area contributed by atoms with E-state index < -0.39 is 10.0 Å². The van der Waals surface area contributed by atoms with E-state index >= 15 is 0 Å². The Kier molecular flexibility index (Phi) is 5.60. The van der Waals surface area contributed by atoms with Crippen LogP contribution in [0.4, 0.5) is 5.69 Å². The molecule has 1 saturated heterocycles. The minimum absolute atomic E-state index is 0.243. The van der Waals surface area contributed by atoms with Crippen molar-refractivity contribution in [1.29, 1.82) is 0 Å². The number of piperidine rings is 1. The topological polar surface area (TPSA) is 70.7 Å². The van der Waals surface area contributed by atoms with Gasteiger partial charge in [0.15, 0.2) is 5.11 Å². The van der Waals surface area contributed by atoms with Gasteiger partial charge in [-0.2, -0.15) is 4.31 Å².